The summed E-state index contributed by atoms with van der Waals surface area (Å²) in [6.07, 6.45) is -0.436. The second-order valence-electron chi connectivity index (χ2n) is 4.01. The largest absolute Gasteiger partial charge is 0.481 e. The van der Waals surface area contributed by atoms with Gasteiger partial charge in [0.15, 0.2) is 0 Å². The predicted molar refractivity (Wildman–Crippen MR) is 69.0 cm³/mol. The molecule has 0 bridgehead atoms. The van der Waals surface area contributed by atoms with Crippen molar-refractivity contribution in [2.45, 2.75) is 6.10 Å². The number of nitrogens with two attached hydrogens (primary N) is 1. The van der Waals surface area contributed by atoms with E-state index in [1.54, 1.807) is 6.07 Å². The molecule has 1 unspecified atom stereocenters. The molecule has 1 saturated heterocycles. The fraction of sp³-hybridized carbons (Fsp3) is 0.545. The van der Waals surface area contributed by atoms with Crippen molar-refractivity contribution in [2.24, 2.45) is 5.73 Å². The second-order valence-corrected chi connectivity index (χ2v) is 4.01. The summed E-state index contributed by atoms with van der Waals surface area (Å²) >= 11 is 0. The Balaban J connectivity index is 2.22. The number of rotatable bonds is 4. The lowest BCUT2D eigenvalue weighted by Crippen LogP contribution is -2.48. The Morgan fingerprint density at radius 3 is 2.58 bits per heavy atom. The fourth-order valence-corrected chi connectivity index (χ4v) is 1.76. The zero-order chi connectivity index (χ0) is 13.8. The first kappa shape index (κ1) is 13.3. The van der Waals surface area contributed by atoms with Gasteiger partial charge in [-0.2, -0.15) is 9.97 Å². The van der Waals surface area contributed by atoms with E-state index in [-0.39, 0.29) is 5.84 Å². The van der Waals surface area contributed by atoms with E-state index in [9.17, 15) is 0 Å². The van der Waals surface area contributed by atoms with Gasteiger partial charge in [-0.15, -0.1) is 0 Å². The van der Waals surface area contributed by atoms with Crippen molar-refractivity contribution in [1.29, 1.82) is 5.41 Å². The molecule has 2 rings (SSSR count). The van der Waals surface area contributed by atoms with Gasteiger partial charge in [0.1, 0.15) is 11.9 Å². The molecule has 0 saturated carbocycles. The summed E-state index contributed by atoms with van der Waals surface area (Å²) in [6.45, 7) is 1.53. The molecule has 1 aliphatic rings. The van der Waals surface area contributed by atoms with Crippen molar-refractivity contribution in [2.75, 3.05) is 38.8 Å². The van der Waals surface area contributed by atoms with E-state index < -0.39 is 6.10 Å². The highest BCUT2D eigenvalue weighted by Gasteiger charge is 2.25. The molecule has 1 aromatic heterocycles. The third-order valence-corrected chi connectivity index (χ3v) is 2.78. The summed E-state index contributed by atoms with van der Waals surface area (Å²) in [5.74, 6) is 1.32. The Hall–Kier alpha value is -2.09. The van der Waals surface area contributed by atoms with Crippen LogP contribution in [0.1, 0.15) is 0 Å². The zero-order valence-corrected chi connectivity index (χ0v) is 10.9. The first-order chi connectivity index (χ1) is 9.13. The van der Waals surface area contributed by atoms with Crippen LogP contribution in [0.4, 0.5) is 5.95 Å². The van der Waals surface area contributed by atoms with Crippen LogP contribution in [0, 0.1) is 5.41 Å². The summed E-state index contributed by atoms with van der Waals surface area (Å²) in [5, 5.41) is 7.43. The van der Waals surface area contributed by atoms with Gasteiger partial charge in [-0.25, -0.2) is 0 Å². The van der Waals surface area contributed by atoms with E-state index in [0.717, 1.165) is 0 Å². The first-order valence-corrected chi connectivity index (χ1v) is 5.81. The third kappa shape index (κ3) is 3.02. The molecule has 1 fully saturated rings. The van der Waals surface area contributed by atoms with Crippen LogP contribution in [0.15, 0.2) is 6.07 Å². The normalized spacial score (nSPS) is 19.1. The summed E-state index contributed by atoms with van der Waals surface area (Å²) in [7, 11) is 3.06. The Morgan fingerprint density at radius 2 is 2.05 bits per heavy atom. The molecule has 1 aliphatic heterocycles. The lowest BCUT2D eigenvalue weighted by Gasteiger charge is -2.32. The number of anilines is 1. The monoisotopic (exact) mass is 267 g/mol. The van der Waals surface area contributed by atoms with Crippen molar-refractivity contribution in [3.05, 3.63) is 6.07 Å². The van der Waals surface area contributed by atoms with Gasteiger partial charge in [-0.3, -0.25) is 5.41 Å². The van der Waals surface area contributed by atoms with Crippen molar-refractivity contribution in [1.82, 2.24) is 9.97 Å². The van der Waals surface area contributed by atoms with Crippen molar-refractivity contribution < 1.29 is 14.2 Å². The highest BCUT2D eigenvalue weighted by atomic mass is 16.5. The maximum absolute atomic E-state index is 7.43. The molecule has 8 nitrogen and oxygen atoms in total. The van der Waals surface area contributed by atoms with Crippen LogP contribution in [-0.2, 0) is 4.74 Å². The van der Waals surface area contributed by atoms with Crippen molar-refractivity contribution in [3.63, 3.8) is 0 Å². The number of hydrogen-bond acceptors (Lipinski definition) is 7. The molecule has 0 aromatic carbocycles. The van der Waals surface area contributed by atoms with Crippen LogP contribution in [0.3, 0.4) is 0 Å². The minimum atomic E-state index is -0.436. The number of morpholine rings is 1. The zero-order valence-electron chi connectivity index (χ0n) is 10.9. The number of amidine groups is 1. The molecule has 0 spiro atoms. The Labute approximate surface area is 111 Å². The average molecular weight is 267 g/mol. The number of nitrogens with zero attached hydrogens (tertiary/aromatic N) is 3. The van der Waals surface area contributed by atoms with Gasteiger partial charge in [0, 0.05) is 6.54 Å². The van der Waals surface area contributed by atoms with E-state index in [2.05, 4.69) is 9.97 Å². The molecule has 3 N–H and O–H groups in total. The van der Waals surface area contributed by atoms with Gasteiger partial charge >= 0.3 is 0 Å². The summed E-state index contributed by atoms with van der Waals surface area (Å²) in [4.78, 5) is 10.4. The standard InChI is InChI=1S/C11H17N5O3/c1-17-8-5-9(18-2)15-11(14-8)16-3-4-19-7(6-16)10(12)13/h5,7H,3-4,6H2,1-2H3,(H3,12,13). The summed E-state index contributed by atoms with van der Waals surface area (Å²) < 4.78 is 15.6. The van der Waals surface area contributed by atoms with Crippen LogP contribution in [-0.4, -0.2) is 55.8 Å². The molecule has 0 aliphatic carbocycles. The molecule has 19 heavy (non-hydrogen) atoms. The minimum Gasteiger partial charge on any atom is -0.481 e. The lowest BCUT2D eigenvalue weighted by atomic mass is 10.2. The number of nitrogens with one attached hydrogen (secondary N) is 1. The van der Waals surface area contributed by atoms with Crippen molar-refractivity contribution >= 4 is 11.8 Å². The Kier molecular flexibility index (Phi) is 4.00. The van der Waals surface area contributed by atoms with Gasteiger partial charge in [0.25, 0.3) is 0 Å². The van der Waals surface area contributed by atoms with Crippen LogP contribution in [0.5, 0.6) is 11.8 Å². The quantitative estimate of drug-likeness (QED) is 0.566. The minimum absolute atomic E-state index is 0.000406. The van der Waals surface area contributed by atoms with Crippen LogP contribution in [0.25, 0.3) is 0 Å². The van der Waals surface area contributed by atoms with Gasteiger partial charge in [0.2, 0.25) is 17.7 Å². The predicted octanol–water partition coefficient (Wildman–Crippen LogP) is -0.365. The maximum Gasteiger partial charge on any atom is 0.232 e. The third-order valence-electron chi connectivity index (χ3n) is 2.78. The van der Waals surface area contributed by atoms with E-state index in [1.165, 1.54) is 14.2 Å². The summed E-state index contributed by atoms with van der Waals surface area (Å²) in [5.41, 5.74) is 5.46. The van der Waals surface area contributed by atoms with E-state index in [1.807, 2.05) is 4.90 Å². The second kappa shape index (κ2) is 5.70. The highest BCUT2D eigenvalue weighted by Crippen LogP contribution is 2.21. The molecular weight excluding hydrogens is 250 g/mol. The molecule has 1 atom stereocenters. The molecule has 1 aromatic rings. The van der Waals surface area contributed by atoms with Crippen LogP contribution in [0.2, 0.25) is 0 Å². The molecule has 2 heterocycles. The van der Waals surface area contributed by atoms with Gasteiger partial charge in [0.05, 0.1) is 33.4 Å². The first-order valence-electron chi connectivity index (χ1n) is 5.81. The van der Waals surface area contributed by atoms with Crippen LogP contribution < -0.4 is 20.1 Å². The smallest absolute Gasteiger partial charge is 0.232 e. The molecule has 0 amide bonds. The fourth-order valence-electron chi connectivity index (χ4n) is 1.76. The average Bonchev–Trinajstić information content (AvgIpc) is 2.46. The topological polar surface area (TPSA) is 107 Å². The maximum atomic E-state index is 7.43. The molecule has 8 heteroatoms. The number of ether oxygens (including phenoxy) is 3. The number of methoxy groups -OCH3 is 2. The number of aromatic nitrogens is 2. The van der Waals surface area contributed by atoms with Crippen LogP contribution >= 0.6 is 0 Å². The SMILES string of the molecule is COc1cc(OC)nc(N2CCOC(C(=N)N)C2)n1. The lowest BCUT2D eigenvalue weighted by molar-refractivity contribution is 0.0819. The summed E-state index contributed by atoms with van der Waals surface area (Å²) in [6, 6.07) is 1.60. The van der Waals surface area contributed by atoms with E-state index in [0.29, 0.717) is 37.4 Å². The highest BCUT2D eigenvalue weighted by molar-refractivity contribution is 5.82. The Morgan fingerprint density at radius 1 is 1.42 bits per heavy atom. The van der Waals surface area contributed by atoms with Gasteiger partial charge in [-0.05, 0) is 0 Å². The Bertz CT molecular complexity index is 445. The molecule has 0 radical (unpaired) electrons. The van der Waals surface area contributed by atoms with Gasteiger partial charge < -0.3 is 24.8 Å². The van der Waals surface area contributed by atoms with Gasteiger partial charge in [-0.1, -0.05) is 0 Å². The molecule has 104 valence electrons. The van der Waals surface area contributed by atoms with Crippen molar-refractivity contribution in [3.8, 4) is 11.8 Å². The number of hydrogen-bond donors (Lipinski definition) is 2. The van der Waals surface area contributed by atoms with E-state index >= 15 is 0 Å². The molecular formula is C11H17N5O3. The van der Waals surface area contributed by atoms with E-state index in [4.69, 9.17) is 25.4 Å².